The van der Waals surface area contributed by atoms with E-state index in [1.807, 2.05) is 17.8 Å². The standard InChI is InChI=1S/C8H13N3O/c1-10-5-3-9-8(10)11-4-2-7(12)6-11/h3,5,7,12H,2,4,6H2,1H3/t7-/m0/s1. The maximum absolute atomic E-state index is 9.31. The third kappa shape index (κ3) is 1.18. The van der Waals surface area contributed by atoms with Crippen molar-refractivity contribution in [3.63, 3.8) is 0 Å². The molecule has 0 aliphatic carbocycles. The fraction of sp³-hybridized carbons (Fsp3) is 0.625. The van der Waals surface area contributed by atoms with Crippen LogP contribution in [0, 0.1) is 0 Å². The molecule has 0 unspecified atom stereocenters. The first-order valence-corrected chi connectivity index (χ1v) is 4.17. The van der Waals surface area contributed by atoms with E-state index < -0.39 is 0 Å². The first-order chi connectivity index (χ1) is 5.77. The van der Waals surface area contributed by atoms with Gasteiger partial charge in [0.1, 0.15) is 0 Å². The molecule has 2 heterocycles. The Morgan fingerprint density at radius 1 is 1.67 bits per heavy atom. The van der Waals surface area contributed by atoms with Crippen LogP contribution in [0.25, 0.3) is 0 Å². The number of rotatable bonds is 1. The number of aryl methyl sites for hydroxylation is 1. The molecule has 1 aliphatic rings. The maximum atomic E-state index is 9.31. The Balaban J connectivity index is 2.16. The van der Waals surface area contributed by atoms with Crippen molar-refractivity contribution >= 4 is 5.95 Å². The minimum absolute atomic E-state index is 0.179. The van der Waals surface area contributed by atoms with Gasteiger partial charge in [0.15, 0.2) is 0 Å². The van der Waals surface area contributed by atoms with Crippen molar-refractivity contribution in [2.75, 3.05) is 18.0 Å². The molecule has 2 rings (SSSR count). The van der Waals surface area contributed by atoms with Gasteiger partial charge in [-0.3, -0.25) is 0 Å². The number of aliphatic hydroxyl groups excluding tert-OH is 1. The van der Waals surface area contributed by atoms with Crippen LogP contribution < -0.4 is 4.90 Å². The molecule has 0 bridgehead atoms. The van der Waals surface area contributed by atoms with Gasteiger partial charge < -0.3 is 14.6 Å². The molecule has 1 N–H and O–H groups in total. The van der Waals surface area contributed by atoms with Crippen molar-refractivity contribution in [2.45, 2.75) is 12.5 Å². The largest absolute Gasteiger partial charge is 0.391 e. The number of aromatic nitrogens is 2. The molecule has 1 fully saturated rings. The molecule has 4 nitrogen and oxygen atoms in total. The number of β-amino-alcohol motifs (C(OH)–C–C–N with tert-alkyl or cyclic N) is 1. The van der Waals surface area contributed by atoms with Crippen LogP contribution >= 0.6 is 0 Å². The zero-order chi connectivity index (χ0) is 8.55. The van der Waals surface area contributed by atoms with Crippen molar-refractivity contribution in [1.82, 2.24) is 9.55 Å². The van der Waals surface area contributed by atoms with Crippen LogP contribution in [0.4, 0.5) is 5.95 Å². The summed E-state index contributed by atoms with van der Waals surface area (Å²) >= 11 is 0. The van der Waals surface area contributed by atoms with E-state index in [2.05, 4.69) is 9.88 Å². The van der Waals surface area contributed by atoms with E-state index in [0.29, 0.717) is 6.54 Å². The van der Waals surface area contributed by atoms with Gasteiger partial charge in [-0.1, -0.05) is 0 Å². The van der Waals surface area contributed by atoms with Crippen molar-refractivity contribution < 1.29 is 5.11 Å². The van der Waals surface area contributed by atoms with E-state index in [1.54, 1.807) is 6.20 Å². The van der Waals surface area contributed by atoms with Gasteiger partial charge in [-0.15, -0.1) is 0 Å². The number of nitrogens with zero attached hydrogens (tertiary/aromatic N) is 3. The summed E-state index contributed by atoms with van der Waals surface area (Å²) < 4.78 is 1.97. The minimum Gasteiger partial charge on any atom is -0.391 e. The molecule has 0 aromatic carbocycles. The topological polar surface area (TPSA) is 41.3 Å². The van der Waals surface area contributed by atoms with Gasteiger partial charge in [-0.05, 0) is 6.42 Å². The number of hydrogen-bond acceptors (Lipinski definition) is 3. The summed E-state index contributed by atoms with van der Waals surface area (Å²) in [4.78, 5) is 6.31. The summed E-state index contributed by atoms with van der Waals surface area (Å²) in [6, 6.07) is 0. The highest BCUT2D eigenvalue weighted by molar-refractivity contribution is 5.32. The second-order valence-corrected chi connectivity index (χ2v) is 3.23. The lowest BCUT2D eigenvalue weighted by Crippen LogP contribution is -2.23. The Morgan fingerprint density at radius 2 is 2.50 bits per heavy atom. The fourth-order valence-corrected chi connectivity index (χ4v) is 1.59. The third-order valence-corrected chi connectivity index (χ3v) is 2.24. The number of hydrogen-bond donors (Lipinski definition) is 1. The fourth-order valence-electron chi connectivity index (χ4n) is 1.59. The van der Waals surface area contributed by atoms with Crippen molar-refractivity contribution in [3.8, 4) is 0 Å². The molecule has 1 aromatic heterocycles. The van der Waals surface area contributed by atoms with Crippen LogP contribution in [-0.4, -0.2) is 33.9 Å². The van der Waals surface area contributed by atoms with Gasteiger partial charge in [0.25, 0.3) is 0 Å². The molecule has 0 amide bonds. The molecule has 1 aliphatic heterocycles. The quantitative estimate of drug-likeness (QED) is 0.639. The van der Waals surface area contributed by atoms with E-state index >= 15 is 0 Å². The van der Waals surface area contributed by atoms with E-state index in [9.17, 15) is 5.11 Å². The van der Waals surface area contributed by atoms with E-state index in [0.717, 1.165) is 18.9 Å². The average molecular weight is 167 g/mol. The maximum Gasteiger partial charge on any atom is 0.205 e. The first kappa shape index (κ1) is 7.61. The van der Waals surface area contributed by atoms with Gasteiger partial charge >= 0.3 is 0 Å². The smallest absolute Gasteiger partial charge is 0.205 e. The number of imidazole rings is 1. The summed E-state index contributed by atoms with van der Waals surface area (Å²) in [7, 11) is 1.97. The van der Waals surface area contributed by atoms with Crippen molar-refractivity contribution in [2.24, 2.45) is 7.05 Å². The van der Waals surface area contributed by atoms with Crippen LogP contribution in [0.5, 0.6) is 0 Å². The lowest BCUT2D eigenvalue weighted by Gasteiger charge is -2.15. The highest BCUT2D eigenvalue weighted by Gasteiger charge is 2.22. The van der Waals surface area contributed by atoms with Crippen LogP contribution in [0.2, 0.25) is 0 Å². The van der Waals surface area contributed by atoms with Gasteiger partial charge in [-0.25, -0.2) is 4.98 Å². The van der Waals surface area contributed by atoms with E-state index in [4.69, 9.17) is 0 Å². The predicted octanol–water partition coefficient (Wildman–Crippen LogP) is -0.00890. The van der Waals surface area contributed by atoms with E-state index in [1.165, 1.54) is 0 Å². The number of anilines is 1. The highest BCUT2D eigenvalue weighted by atomic mass is 16.3. The average Bonchev–Trinajstić information content (AvgIpc) is 2.58. The predicted molar refractivity (Wildman–Crippen MR) is 46.0 cm³/mol. The molecule has 0 radical (unpaired) electrons. The summed E-state index contributed by atoms with van der Waals surface area (Å²) in [6.07, 6.45) is 4.37. The Morgan fingerprint density at radius 3 is 3.00 bits per heavy atom. The van der Waals surface area contributed by atoms with Gasteiger partial charge in [0.2, 0.25) is 5.95 Å². The summed E-state index contributed by atoms with van der Waals surface area (Å²) in [5.41, 5.74) is 0. The molecular formula is C8H13N3O. The van der Waals surface area contributed by atoms with Crippen molar-refractivity contribution in [1.29, 1.82) is 0 Å². The Labute approximate surface area is 71.4 Å². The van der Waals surface area contributed by atoms with Crippen LogP contribution in [-0.2, 0) is 7.05 Å². The molecule has 0 spiro atoms. The lowest BCUT2D eigenvalue weighted by molar-refractivity contribution is 0.198. The summed E-state index contributed by atoms with van der Waals surface area (Å²) in [5.74, 6) is 0.951. The minimum atomic E-state index is -0.179. The molecular weight excluding hydrogens is 154 g/mol. The van der Waals surface area contributed by atoms with Crippen LogP contribution in [0.1, 0.15) is 6.42 Å². The summed E-state index contributed by atoms with van der Waals surface area (Å²) in [5, 5.41) is 9.31. The summed E-state index contributed by atoms with van der Waals surface area (Å²) in [6.45, 7) is 1.62. The van der Waals surface area contributed by atoms with Crippen molar-refractivity contribution in [3.05, 3.63) is 12.4 Å². The second kappa shape index (κ2) is 2.79. The number of aliphatic hydroxyl groups is 1. The zero-order valence-corrected chi connectivity index (χ0v) is 7.14. The molecule has 0 saturated carbocycles. The normalized spacial score (nSPS) is 23.5. The monoisotopic (exact) mass is 167 g/mol. The molecule has 12 heavy (non-hydrogen) atoms. The second-order valence-electron chi connectivity index (χ2n) is 3.23. The first-order valence-electron chi connectivity index (χ1n) is 4.17. The molecule has 66 valence electrons. The van der Waals surface area contributed by atoms with Gasteiger partial charge in [-0.2, -0.15) is 0 Å². The lowest BCUT2D eigenvalue weighted by atomic mass is 10.3. The van der Waals surface area contributed by atoms with Crippen LogP contribution in [0.3, 0.4) is 0 Å². The molecule has 1 aromatic rings. The zero-order valence-electron chi connectivity index (χ0n) is 7.14. The Kier molecular flexibility index (Phi) is 1.77. The highest BCUT2D eigenvalue weighted by Crippen LogP contribution is 2.16. The van der Waals surface area contributed by atoms with Crippen LogP contribution in [0.15, 0.2) is 12.4 Å². The Bertz CT molecular complexity index is 271. The molecule has 1 saturated heterocycles. The molecule has 4 heteroatoms. The van der Waals surface area contributed by atoms with Gasteiger partial charge in [0.05, 0.1) is 6.10 Å². The third-order valence-electron chi connectivity index (χ3n) is 2.24. The SMILES string of the molecule is Cn1ccnc1N1CC[C@H](O)C1. The van der Waals surface area contributed by atoms with E-state index in [-0.39, 0.29) is 6.10 Å². The Hall–Kier alpha value is -1.03. The van der Waals surface area contributed by atoms with Gasteiger partial charge in [0, 0.05) is 32.5 Å². The molecule has 1 atom stereocenters.